The van der Waals surface area contributed by atoms with Crippen LogP contribution in [0.5, 0.6) is 0 Å². The summed E-state index contributed by atoms with van der Waals surface area (Å²) in [5.41, 5.74) is 5.36. The highest BCUT2D eigenvalue weighted by Gasteiger charge is 2.40. The van der Waals surface area contributed by atoms with Crippen molar-refractivity contribution in [1.29, 1.82) is 0 Å². The Hall–Kier alpha value is -3.65. The molecule has 0 aromatic heterocycles. The van der Waals surface area contributed by atoms with Gasteiger partial charge in [0.15, 0.2) is 6.10 Å². The number of hydrogen-bond acceptors (Lipinski definition) is 5. The highest BCUT2D eigenvalue weighted by molar-refractivity contribution is 5.89. The van der Waals surface area contributed by atoms with Gasteiger partial charge in [-0.15, -0.1) is 0 Å². The lowest BCUT2D eigenvalue weighted by atomic mass is 9.98. The van der Waals surface area contributed by atoms with Gasteiger partial charge in [-0.25, -0.2) is 4.79 Å². The Morgan fingerprint density at radius 2 is 1.68 bits per heavy atom. The van der Waals surface area contributed by atoms with E-state index >= 15 is 0 Å². The monoisotopic (exact) mass is 545 g/mol. The third-order valence-electron chi connectivity index (χ3n) is 7.95. The Labute approximate surface area is 236 Å². The first-order chi connectivity index (χ1) is 19.4. The molecule has 3 atom stereocenters. The molecule has 2 fully saturated rings. The SMILES string of the molecule is C=C1C[C@@H](C(=O)N[C@@H](CCC)C(OCC)C(=O)NC2CC2)N(C(=O)OCC2c3ccccc3-c3ccccc32)C1. The molecule has 0 spiro atoms. The van der Waals surface area contributed by atoms with Crippen molar-refractivity contribution < 1.29 is 23.9 Å². The van der Waals surface area contributed by atoms with Gasteiger partial charge in [0.1, 0.15) is 12.6 Å². The van der Waals surface area contributed by atoms with Gasteiger partial charge in [0, 0.05) is 25.1 Å². The molecule has 2 aromatic rings. The maximum absolute atomic E-state index is 13.6. The minimum atomic E-state index is -0.790. The standard InChI is InChI=1S/C32H39N3O5/c1-4-10-27(29(39-5-2)31(37)33-21-15-16-21)34-30(36)28-17-20(3)18-35(28)32(38)40-19-26-24-13-8-6-11-22(24)23-12-7-9-14-25(23)26/h6-9,11-14,21,26-29H,3-5,10,15-19H2,1-2H3,(H,33,37)(H,34,36)/t27-,28-,29?/m0/s1. The molecule has 2 aliphatic carbocycles. The summed E-state index contributed by atoms with van der Waals surface area (Å²) in [6.45, 7) is 8.67. The number of hydrogen-bond donors (Lipinski definition) is 2. The van der Waals surface area contributed by atoms with E-state index in [1.807, 2.05) is 38.1 Å². The molecule has 2 aromatic carbocycles. The number of nitrogens with one attached hydrogen (secondary N) is 2. The van der Waals surface area contributed by atoms with Crippen molar-refractivity contribution in [2.75, 3.05) is 19.8 Å². The molecule has 1 saturated carbocycles. The maximum atomic E-state index is 13.6. The molecule has 212 valence electrons. The third kappa shape index (κ3) is 5.92. The molecule has 3 amide bonds. The van der Waals surface area contributed by atoms with Crippen LogP contribution >= 0.6 is 0 Å². The number of likely N-dealkylation sites (tertiary alicyclic amines) is 1. The first-order valence-electron chi connectivity index (χ1n) is 14.4. The van der Waals surface area contributed by atoms with E-state index in [1.165, 1.54) is 4.90 Å². The maximum Gasteiger partial charge on any atom is 0.410 e. The Morgan fingerprint density at radius 3 is 2.27 bits per heavy atom. The number of amides is 3. The van der Waals surface area contributed by atoms with Crippen molar-refractivity contribution in [3.05, 3.63) is 71.8 Å². The second-order valence-corrected chi connectivity index (χ2v) is 11.0. The summed E-state index contributed by atoms with van der Waals surface area (Å²) in [7, 11) is 0. The fraction of sp³-hybridized carbons (Fsp3) is 0.469. The summed E-state index contributed by atoms with van der Waals surface area (Å²) >= 11 is 0. The van der Waals surface area contributed by atoms with E-state index in [2.05, 4.69) is 41.5 Å². The lowest BCUT2D eigenvalue weighted by Crippen LogP contribution is -2.56. The molecule has 3 aliphatic rings. The molecule has 1 aliphatic heterocycles. The second kappa shape index (κ2) is 12.3. The van der Waals surface area contributed by atoms with Gasteiger partial charge in [-0.1, -0.05) is 74.0 Å². The predicted molar refractivity (Wildman–Crippen MR) is 153 cm³/mol. The molecule has 5 rings (SSSR count). The van der Waals surface area contributed by atoms with Gasteiger partial charge < -0.3 is 20.1 Å². The Bertz CT molecular complexity index is 1230. The van der Waals surface area contributed by atoms with Crippen LogP contribution in [0.25, 0.3) is 11.1 Å². The first-order valence-corrected chi connectivity index (χ1v) is 14.4. The Kier molecular flexibility index (Phi) is 8.54. The quantitative estimate of drug-likeness (QED) is 0.405. The van der Waals surface area contributed by atoms with Gasteiger partial charge in [0.2, 0.25) is 5.91 Å². The summed E-state index contributed by atoms with van der Waals surface area (Å²) in [5, 5.41) is 6.03. The Morgan fingerprint density at radius 1 is 1.02 bits per heavy atom. The normalized spacial score (nSPS) is 19.5. The predicted octanol–water partition coefficient (Wildman–Crippen LogP) is 4.53. The van der Waals surface area contributed by atoms with E-state index < -0.39 is 24.3 Å². The van der Waals surface area contributed by atoms with E-state index in [1.54, 1.807) is 0 Å². The molecule has 40 heavy (non-hydrogen) atoms. The van der Waals surface area contributed by atoms with Crippen molar-refractivity contribution in [3.8, 4) is 11.1 Å². The van der Waals surface area contributed by atoms with E-state index in [-0.39, 0.29) is 36.9 Å². The number of rotatable bonds is 11. The zero-order valence-corrected chi connectivity index (χ0v) is 23.4. The van der Waals surface area contributed by atoms with Gasteiger partial charge in [0.25, 0.3) is 5.91 Å². The van der Waals surface area contributed by atoms with E-state index in [9.17, 15) is 14.4 Å². The second-order valence-electron chi connectivity index (χ2n) is 11.0. The zero-order chi connectivity index (χ0) is 28.2. The number of benzene rings is 2. The fourth-order valence-electron chi connectivity index (χ4n) is 5.86. The minimum absolute atomic E-state index is 0.0692. The molecule has 1 saturated heterocycles. The van der Waals surface area contributed by atoms with E-state index in [4.69, 9.17) is 9.47 Å². The number of carbonyl (C=O) groups is 3. The van der Waals surface area contributed by atoms with Gasteiger partial charge >= 0.3 is 6.09 Å². The van der Waals surface area contributed by atoms with Crippen LogP contribution in [0.1, 0.15) is 63.0 Å². The van der Waals surface area contributed by atoms with Crippen LogP contribution in [0.2, 0.25) is 0 Å². The average Bonchev–Trinajstić information content (AvgIpc) is 3.59. The first kappa shape index (κ1) is 27.9. The van der Waals surface area contributed by atoms with Crippen molar-refractivity contribution in [2.45, 2.75) is 76.1 Å². The number of nitrogens with zero attached hydrogens (tertiary/aromatic N) is 1. The molecule has 1 unspecified atom stereocenters. The number of carbonyl (C=O) groups excluding carboxylic acids is 3. The van der Waals surface area contributed by atoms with Gasteiger partial charge in [-0.2, -0.15) is 0 Å². The topological polar surface area (TPSA) is 97.0 Å². The van der Waals surface area contributed by atoms with Crippen LogP contribution < -0.4 is 10.6 Å². The molecule has 8 heteroatoms. The smallest absolute Gasteiger partial charge is 0.410 e. The van der Waals surface area contributed by atoms with E-state index in [0.29, 0.717) is 19.4 Å². The van der Waals surface area contributed by atoms with Crippen LogP contribution in [0, 0.1) is 0 Å². The Balaban J connectivity index is 1.26. The summed E-state index contributed by atoms with van der Waals surface area (Å²) in [6.07, 6.45) is 2.29. The van der Waals surface area contributed by atoms with Crippen molar-refractivity contribution >= 4 is 17.9 Å². The average molecular weight is 546 g/mol. The summed E-state index contributed by atoms with van der Waals surface area (Å²) in [6, 6.07) is 15.3. The van der Waals surface area contributed by atoms with E-state index in [0.717, 1.165) is 47.1 Å². The molecule has 0 radical (unpaired) electrons. The summed E-state index contributed by atoms with van der Waals surface area (Å²) < 4.78 is 11.7. The van der Waals surface area contributed by atoms with Crippen LogP contribution in [-0.4, -0.2) is 66.8 Å². The molecule has 2 N–H and O–H groups in total. The lowest BCUT2D eigenvalue weighted by Gasteiger charge is -2.30. The summed E-state index contributed by atoms with van der Waals surface area (Å²) in [5.74, 6) is -0.595. The van der Waals surface area contributed by atoms with Crippen LogP contribution in [0.15, 0.2) is 60.7 Å². The van der Waals surface area contributed by atoms with Crippen LogP contribution in [0.4, 0.5) is 4.79 Å². The molecule has 0 bridgehead atoms. The molecular formula is C32H39N3O5. The molecule has 8 nitrogen and oxygen atoms in total. The highest BCUT2D eigenvalue weighted by atomic mass is 16.6. The number of fused-ring (bicyclic) bond motifs is 3. The third-order valence-corrected chi connectivity index (χ3v) is 7.95. The summed E-state index contributed by atoms with van der Waals surface area (Å²) in [4.78, 5) is 41.3. The highest BCUT2D eigenvalue weighted by Crippen LogP contribution is 2.44. The van der Waals surface area contributed by atoms with Crippen molar-refractivity contribution in [1.82, 2.24) is 15.5 Å². The fourth-order valence-corrected chi connectivity index (χ4v) is 5.86. The van der Waals surface area contributed by atoms with Crippen molar-refractivity contribution in [3.63, 3.8) is 0 Å². The minimum Gasteiger partial charge on any atom is -0.448 e. The van der Waals surface area contributed by atoms with Crippen molar-refractivity contribution in [2.24, 2.45) is 0 Å². The largest absolute Gasteiger partial charge is 0.448 e. The van der Waals surface area contributed by atoms with Crippen LogP contribution in [-0.2, 0) is 19.1 Å². The molecular weight excluding hydrogens is 506 g/mol. The number of ether oxygens (including phenoxy) is 2. The zero-order valence-electron chi connectivity index (χ0n) is 23.4. The van der Waals surface area contributed by atoms with Gasteiger partial charge in [-0.3, -0.25) is 14.5 Å². The van der Waals surface area contributed by atoms with Gasteiger partial charge in [0.05, 0.1) is 6.04 Å². The van der Waals surface area contributed by atoms with Gasteiger partial charge in [-0.05, 0) is 54.9 Å². The van der Waals surface area contributed by atoms with Crippen LogP contribution in [0.3, 0.4) is 0 Å². The molecule has 1 heterocycles. The lowest BCUT2D eigenvalue weighted by molar-refractivity contribution is -0.137.